The van der Waals surface area contributed by atoms with Gasteiger partial charge in [0, 0.05) is 0 Å². The normalized spacial score (nSPS) is 10.4. The Kier molecular flexibility index (Phi) is 4.83. The summed E-state index contributed by atoms with van der Waals surface area (Å²) in [5.74, 6) is -1.18. The summed E-state index contributed by atoms with van der Waals surface area (Å²) in [6.45, 7) is 2.46. The van der Waals surface area contributed by atoms with Crippen LogP contribution in [-0.2, 0) is 4.79 Å². The summed E-state index contributed by atoms with van der Waals surface area (Å²) >= 11 is 0. The molecule has 0 saturated carbocycles. The second kappa shape index (κ2) is 6.14. The van der Waals surface area contributed by atoms with Gasteiger partial charge in [0.05, 0.1) is 12.1 Å². The Morgan fingerprint density at radius 2 is 2.06 bits per heavy atom. The average molecular weight is 253 g/mol. The molecular weight excluding hydrogens is 237 g/mol. The van der Waals surface area contributed by atoms with Gasteiger partial charge in [0.2, 0.25) is 0 Å². The molecule has 0 radical (unpaired) electrons. The number of aromatic hydroxyl groups is 1. The second-order valence-electron chi connectivity index (χ2n) is 4.26. The highest BCUT2D eigenvalue weighted by Gasteiger charge is 2.13. The lowest BCUT2D eigenvalue weighted by Crippen LogP contribution is -2.30. The molecule has 1 amide bonds. The minimum Gasteiger partial charge on any atom is -0.507 e. The molecule has 2 N–H and O–H groups in total. The minimum atomic E-state index is -1.16. The number of hydrogen-bond donors (Lipinski definition) is 2. The number of carbonyl (C=O) groups excluding carboxylic acids is 2. The number of Topliss-reactive ketones (excluding diaryl/α,β-unsaturated/α-hetero) is 1. The van der Waals surface area contributed by atoms with E-state index in [9.17, 15) is 19.1 Å². The standard InChI is InChI=1S/C13H16FNO3/c1-8(2)9-3-4-10(11(16)5-9)12(17)7-15-13(18)6-14/h3-5,8,16H,6-7H2,1-2H3,(H,15,18). The van der Waals surface area contributed by atoms with Crippen molar-refractivity contribution in [3.05, 3.63) is 29.3 Å². The van der Waals surface area contributed by atoms with Gasteiger partial charge in [-0.15, -0.1) is 0 Å². The zero-order valence-electron chi connectivity index (χ0n) is 10.4. The van der Waals surface area contributed by atoms with Gasteiger partial charge in [0.15, 0.2) is 12.5 Å². The number of phenols is 1. The minimum absolute atomic E-state index is 0.124. The molecule has 0 aromatic heterocycles. The first-order valence-electron chi connectivity index (χ1n) is 5.64. The summed E-state index contributed by atoms with van der Waals surface area (Å²) in [6.07, 6.45) is 0. The quantitative estimate of drug-likeness (QED) is 0.786. The topological polar surface area (TPSA) is 66.4 Å². The van der Waals surface area contributed by atoms with Crippen LogP contribution in [0.15, 0.2) is 18.2 Å². The van der Waals surface area contributed by atoms with Crippen molar-refractivity contribution < 1.29 is 19.1 Å². The number of amides is 1. The molecule has 4 nitrogen and oxygen atoms in total. The van der Waals surface area contributed by atoms with Crippen molar-refractivity contribution in [1.82, 2.24) is 5.32 Å². The first kappa shape index (κ1) is 14.2. The van der Waals surface area contributed by atoms with E-state index in [1.165, 1.54) is 12.1 Å². The summed E-state index contributed by atoms with van der Waals surface area (Å²) < 4.78 is 11.9. The summed E-state index contributed by atoms with van der Waals surface area (Å²) in [5, 5.41) is 11.8. The largest absolute Gasteiger partial charge is 0.507 e. The number of phenolic OH excluding ortho intramolecular Hbond substituents is 1. The van der Waals surface area contributed by atoms with E-state index in [1.807, 2.05) is 13.8 Å². The molecule has 0 aliphatic rings. The van der Waals surface area contributed by atoms with Crippen LogP contribution in [0.25, 0.3) is 0 Å². The van der Waals surface area contributed by atoms with Crippen LogP contribution >= 0.6 is 0 Å². The fraction of sp³-hybridized carbons (Fsp3) is 0.385. The van der Waals surface area contributed by atoms with Crippen LogP contribution in [0.3, 0.4) is 0 Å². The zero-order chi connectivity index (χ0) is 13.7. The van der Waals surface area contributed by atoms with Crippen molar-refractivity contribution in [2.24, 2.45) is 0 Å². The van der Waals surface area contributed by atoms with E-state index in [1.54, 1.807) is 6.07 Å². The molecular formula is C13H16FNO3. The summed E-state index contributed by atoms with van der Waals surface area (Å²) in [4.78, 5) is 22.3. The fourth-order valence-corrected chi connectivity index (χ4v) is 1.46. The average Bonchev–Trinajstić information content (AvgIpc) is 2.35. The molecule has 1 aromatic rings. The Morgan fingerprint density at radius 1 is 1.39 bits per heavy atom. The van der Waals surface area contributed by atoms with Crippen LogP contribution in [0.1, 0.15) is 35.7 Å². The lowest BCUT2D eigenvalue weighted by Gasteiger charge is -2.09. The Labute approximate surface area is 105 Å². The van der Waals surface area contributed by atoms with Crippen molar-refractivity contribution in [2.75, 3.05) is 13.2 Å². The Hall–Kier alpha value is -1.91. The van der Waals surface area contributed by atoms with Gasteiger partial charge in [-0.3, -0.25) is 9.59 Å². The molecule has 98 valence electrons. The van der Waals surface area contributed by atoms with Crippen LogP contribution in [0.4, 0.5) is 4.39 Å². The van der Waals surface area contributed by atoms with Gasteiger partial charge in [0.25, 0.3) is 5.91 Å². The molecule has 0 aliphatic carbocycles. The lowest BCUT2D eigenvalue weighted by molar-refractivity contribution is -0.121. The molecule has 0 bridgehead atoms. The third-order valence-corrected chi connectivity index (χ3v) is 2.56. The van der Waals surface area contributed by atoms with Crippen molar-refractivity contribution in [2.45, 2.75) is 19.8 Å². The molecule has 0 saturated heterocycles. The summed E-state index contributed by atoms with van der Waals surface area (Å²) in [5.41, 5.74) is 1.04. The fourth-order valence-electron chi connectivity index (χ4n) is 1.46. The third kappa shape index (κ3) is 3.55. The summed E-state index contributed by atoms with van der Waals surface area (Å²) in [7, 11) is 0. The van der Waals surface area contributed by atoms with Gasteiger partial charge in [-0.2, -0.15) is 0 Å². The van der Waals surface area contributed by atoms with E-state index in [0.717, 1.165) is 5.56 Å². The monoisotopic (exact) mass is 253 g/mol. The number of nitrogens with one attached hydrogen (secondary N) is 1. The number of rotatable bonds is 5. The smallest absolute Gasteiger partial charge is 0.251 e. The molecule has 0 spiro atoms. The summed E-state index contributed by atoms with van der Waals surface area (Å²) in [6, 6.07) is 4.78. The van der Waals surface area contributed by atoms with Crippen molar-refractivity contribution in [3.8, 4) is 5.75 Å². The van der Waals surface area contributed by atoms with E-state index in [0.29, 0.717) is 0 Å². The molecule has 1 aromatic carbocycles. The first-order chi connectivity index (χ1) is 8.45. The number of halogens is 1. The maximum absolute atomic E-state index is 11.9. The van der Waals surface area contributed by atoms with E-state index in [4.69, 9.17) is 0 Å². The van der Waals surface area contributed by atoms with Gasteiger partial charge in [0.1, 0.15) is 5.75 Å². The van der Waals surface area contributed by atoms with Gasteiger partial charge in [-0.05, 0) is 23.6 Å². The van der Waals surface area contributed by atoms with Gasteiger partial charge < -0.3 is 10.4 Å². The molecule has 0 atom stereocenters. The predicted octanol–water partition coefficient (Wildman–Crippen LogP) is 1.78. The van der Waals surface area contributed by atoms with Crippen molar-refractivity contribution in [3.63, 3.8) is 0 Å². The Bertz CT molecular complexity index is 458. The van der Waals surface area contributed by atoms with Crippen molar-refractivity contribution >= 4 is 11.7 Å². The van der Waals surface area contributed by atoms with E-state index in [-0.39, 0.29) is 23.8 Å². The number of ketones is 1. The van der Waals surface area contributed by atoms with E-state index < -0.39 is 18.4 Å². The first-order valence-corrected chi connectivity index (χ1v) is 5.64. The molecule has 0 aliphatic heterocycles. The number of alkyl halides is 1. The molecule has 0 fully saturated rings. The van der Waals surface area contributed by atoms with E-state index in [2.05, 4.69) is 5.32 Å². The van der Waals surface area contributed by atoms with Gasteiger partial charge in [-0.25, -0.2) is 4.39 Å². The SMILES string of the molecule is CC(C)c1ccc(C(=O)CNC(=O)CF)c(O)c1. The van der Waals surface area contributed by atoms with Crippen LogP contribution in [0, 0.1) is 0 Å². The van der Waals surface area contributed by atoms with Gasteiger partial charge >= 0.3 is 0 Å². The zero-order valence-corrected chi connectivity index (χ0v) is 10.4. The highest BCUT2D eigenvalue weighted by Crippen LogP contribution is 2.23. The number of hydrogen-bond acceptors (Lipinski definition) is 3. The van der Waals surface area contributed by atoms with Crippen LogP contribution in [0.2, 0.25) is 0 Å². The lowest BCUT2D eigenvalue weighted by atomic mass is 9.99. The van der Waals surface area contributed by atoms with Crippen molar-refractivity contribution in [1.29, 1.82) is 0 Å². The third-order valence-electron chi connectivity index (χ3n) is 2.56. The number of benzene rings is 1. The van der Waals surface area contributed by atoms with E-state index >= 15 is 0 Å². The Morgan fingerprint density at radius 3 is 2.56 bits per heavy atom. The predicted molar refractivity (Wildman–Crippen MR) is 65.5 cm³/mol. The van der Waals surface area contributed by atoms with Crippen LogP contribution in [-0.4, -0.2) is 30.0 Å². The van der Waals surface area contributed by atoms with Crippen LogP contribution < -0.4 is 5.32 Å². The second-order valence-corrected chi connectivity index (χ2v) is 4.26. The molecule has 5 heteroatoms. The molecule has 1 rings (SSSR count). The number of carbonyl (C=O) groups is 2. The molecule has 18 heavy (non-hydrogen) atoms. The maximum Gasteiger partial charge on any atom is 0.251 e. The highest BCUT2D eigenvalue weighted by atomic mass is 19.1. The van der Waals surface area contributed by atoms with Gasteiger partial charge in [-0.1, -0.05) is 19.9 Å². The molecule has 0 unspecified atom stereocenters. The maximum atomic E-state index is 11.9. The molecule has 0 heterocycles. The van der Waals surface area contributed by atoms with Crippen LogP contribution in [0.5, 0.6) is 5.75 Å². The highest BCUT2D eigenvalue weighted by molar-refractivity contribution is 6.01. The Balaban J connectivity index is 2.77.